The zero-order chi connectivity index (χ0) is 19.5. The molecule has 2 nitrogen and oxygen atoms in total. The molecule has 0 atom stereocenters. The minimum Gasteiger partial charge on any atom is -0.508 e. The molecule has 2 aromatic rings. The van der Waals surface area contributed by atoms with Gasteiger partial charge < -0.3 is 10.2 Å². The fraction of sp³-hybridized carbons (Fsp3) is 0.400. The van der Waals surface area contributed by atoms with Gasteiger partial charge in [0.05, 0.1) is 0 Å². The van der Waals surface area contributed by atoms with Crippen LogP contribution in [0.4, 0.5) is 0 Å². The molecule has 0 radical (unpaired) electrons. The molecule has 0 bridgehead atoms. The minimum absolute atomic E-state index is 0.0807. The van der Waals surface area contributed by atoms with Crippen molar-refractivity contribution in [3.63, 3.8) is 0 Å². The Kier molecular flexibility index (Phi) is 7.22. The molecule has 0 saturated carbocycles. The average molecular weight is 427 g/mol. The molecule has 26 heavy (non-hydrogen) atoms. The Labute approximate surface area is 172 Å². The van der Waals surface area contributed by atoms with E-state index in [0.717, 1.165) is 20.9 Å². The second-order valence-corrected chi connectivity index (χ2v) is 14.0. The summed E-state index contributed by atoms with van der Waals surface area (Å²) in [6, 6.07) is 11.6. The lowest BCUT2D eigenvalue weighted by Gasteiger charge is -2.21. The van der Waals surface area contributed by atoms with Crippen LogP contribution in [0.3, 0.4) is 0 Å². The van der Waals surface area contributed by atoms with Crippen molar-refractivity contribution in [2.24, 2.45) is 0 Å². The third-order valence-electron chi connectivity index (χ3n) is 3.84. The lowest BCUT2D eigenvalue weighted by Crippen LogP contribution is -2.11. The van der Waals surface area contributed by atoms with Gasteiger partial charge in [0.2, 0.25) is 0 Å². The molecule has 0 fully saturated rings. The largest absolute Gasteiger partial charge is 0.508 e. The SMILES string of the molecule is CC(C)(C)c1cc(SSSSc2ccc(O)c(C(C)(C)C)c2)ccc1O. The molecular weight excluding hydrogens is 400 g/mol. The molecule has 142 valence electrons. The Morgan fingerprint density at radius 1 is 0.615 bits per heavy atom. The number of phenolic OH excluding ortho intramolecular Hbond substituents is 2. The topological polar surface area (TPSA) is 40.5 Å². The highest BCUT2D eigenvalue weighted by molar-refractivity contribution is 9.26. The summed E-state index contributed by atoms with van der Waals surface area (Å²) >= 11 is 0. The van der Waals surface area contributed by atoms with Gasteiger partial charge >= 0.3 is 0 Å². The van der Waals surface area contributed by atoms with Crippen molar-refractivity contribution in [3.8, 4) is 11.5 Å². The highest BCUT2D eigenvalue weighted by Gasteiger charge is 2.19. The fourth-order valence-corrected chi connectivity index (χ4v) is 7.91. The first-order valence-corrected chi connectivity index (χ1v) is 13.1. The second-order valence-electron chi connectivity index (χ2n) is 8.16. The summed E-state index contributed by atoms with van der Waals surface area (Å²) in [5.41, 5.74) is 1.77. The Hall–Kier alpha value is -0.560. The van der Waals surface area contributed by atoms with Crippen molar-refractivity contribution in [2.75, 3.05) is 0 Å². The van der Waals surface area contributed by atoms with E-state index in [4.69, 9.17) is 0 Å². The van der Waals surface area contributed by atoms with E-state index >= 15 is 0 Å². The van der Waals surface area contributed by atoms with Gasteiger partial charge in [0.1, 0.15) is 11.5 Å². The van der Waals surface area contributed by atoms with E-state index in [2.05, 4.69) is 53.7 Å². The van der Waals surface area contributed by atoms with E-state index in [1.807, 2.05) is 12.1 Å². The van der Waals surface area contributed by atoms with Crippen LogP contribution < -0.4 is 0 Å². The number of benzene rings is 2. The summed E-state index contributed by atoms with van der Waals surface area (Å²) < 4.78 is 0. The lowest BCUT2D eigenvalue weighted by molar-refractivity contribution is 0.445. The first-order chi connectivity index (χ1) is 12.0. The molecule has 6 heteroatoms. The molecule has 0 aliphatic carbocycles. The maximum absolute atomic E-state index is 10.1. The normalized spacial score (nSPS) is 12.4. The van der Waals surface area contributed by atoms with Crippen LogP contribution in [-0.4, -0.2) is 10.2 Å². The third kappa shape index (κ3) is 5.98. The summed E-state index contributed by atoms with van der Waals surface area (Å²) in [6.45, 7) is 12.6. The van der Waals surface area contributed by atoms with Crippen molar-refractivity contribution in [3.05, 3.63) is 47.5 Å². The number of rotatable bonds is 5. The number of phenols is 2. The van der Waals surface area contributed by atoms with Crippen LogP contribution in [-0.2, 0) is 10.8 Å². The molecule has 0 saturated heterocycles. The average Bonchev–Trinajstić information content (AvgIpc) is 2.52. The summed E-state index contributed by atoms with van der Waals surface area (Å²) in [5.74, 6) is 0.709. The highest BCUT2D eigenvalue weighted by Crippen LogP contribution is 2.50. The predicted octanol–water partition coefficient (Wildman–Crippen LogP) is 7.79. The molecule has 2 rings (SSSR count). The molecule has 2 N–H and O–H groups in total. The van der Waals surface area contributed by atoms with Crippen LogP contribution in [0.15, 0.2) is 46.2 Å². The zero-order valence-corrected chi connectivity index (χ0v) is 19.3. The fourth-order valence-electron chi connectivity index (χ4n) is 2.44. The van der Waals surface area contributed by atoms with Crippen molar-refractivity contribution in [1.29, 1.82) is 0 Å². The van der Waals surface area contributed by atoms with Crippen LogP contribution in [0.1, 0.15) is 52.7 Å². The summed E-state index contributed by atoms with van der Waals surface area (Å²) in [5, 5.41) is 20.1. The molecule has 0 unspecified atom stereocenters. The first kappa shape index (κ1) is 21.7. The minimum atomic E-state index is -0.0807. The Morgan fingerprint density at radius 2 is 0.962 bits per heavy atom. The predicted molar refractivity (Wildman–Crippen MR) is 121 cm³/mol. The van der Waals surface area contributed by atoms with E-state index in [1.54, 1.807) is 53.4 Å². The number of aromatic hydroxyl groups is 2. The Morgan fingerprint density at radius 3 is 1.27 bits per heavy atom. The molecule has 0 amide bonds. The zero-order valence-electron chi connectivity index (χ0n) is 16.0. The van der Waals surface area contributed by atoms with Crippen LogP contribution in [0.25, 0.3) is 0 Å². The first-order valence-electron chi connectivity index (χ1n) is 8.33. The molecule has 0 aliphatic rings. The molecule has 0 spiro atoms. The van der Waals surface area contributed by atoms with Crippen LogP contribution >= 0.6 is 41.2 Å². The molecule has 0 heterocycles. The summed E-state index contributed by atoms with van der Waals surface area (Å²) in [4.78, 5) is 2.26. The second kappa shape index (κ2) is 8.63. The Balaban J connectivity index is 1.96. The molecule has 2 aromatic carbocycles. The maximum Gasteiger partial charge on any atom is 0.119 e. The van der Waals surface area contributed by atoms with Crippen LogP contribution in [0.2, 0.25) is 0 Å². The van der Waals surface area contributed by atoms with Gasteiger partial charge in [0.25, 0.3) is 0 Å². The van der Waals surface area contributed by atoms with Gasteiger partial charge in [-0.3, -0.25) is 0 Å². The maximum atomic E-state index is 10.1. The molecular formula is C20H26O2S4. The van der Waals surface area contributed by atoms with Gasteiger partial charge in [0.15, 0.2) is 0 Å². The van der Waals surface area contributed by atoms with Gasteiger partial charge in [-0.1, -0.05) is 41.5 Å². The molecule has 0 aromatic heterocycles. The number of hydrogen-bond acceptors (Lipinski definition) is 6. The van der Waals surface area contributed by atoms with Crippen molar-refractivity contribution in [1.82, 2.24) is 0 Å². The van der Waals surface area contributed by atoms with E-state index in [0.29, 0.717) is 11.5 Å². The van der Waals surface area contributed by atoms with Gasteiger partial charge in [0, 0.05) is 20.9 Å². The van der Waals surface area contributed by atoms with Crippen LogP contribution in [0, 0.1) is 0 Å². The van der Waals surface area contributed by atoms with Crippen molar-refractivity contribution in [2.45, 2.75) is 62.2 Å². The summed E-state index contributed by atoms with van der Waals surface area (Å²) in [6.07, 6.45) is 0. The van der Waals surface area contributed by atoms with E-state index < -0.39 is 0 Å². The van der Waals surface area contributed by atoms with E-state index in [-0.39, 0.29) is 10.8 Å². The van der Waals surface area contributed by atoms with Crippen molar-refractivity contribution < 1.29 is 10.2 Å². The lowest BCUT2D eigenvalue weighted by atomic mass is 9.86. The van der Waals surface area contributed by atoms with Gasteiger partial charge in [-0.2, -0.15) is 0 Å². The van der Waals surface area contributed by atoms with E-state index in [1.165, 1.54) is 0 Å². The smallest absolute Gasteiger partial charge is 0.119 e. The van der Waals surface area contributed by atoms with Crippen LogP contribution in [0.5, 0.6) is 11.5 Å². The van der Waals surface area contributed by atoms with Gasteiger partial charge in [-0.25, -0.2) is 0 Å². The van der Waals surface area contributed by atoms with Crippen molar-refractivity contribution >= 4 is 41.2 Å². The molecule has 0 aliphatic heterocycles. The van der Waals surface area contributed by atoms with E-state index in [9.17, 15) is 10.2 Å². The monoisotopic (exact) mass is 426 g/mol. The summed E-state index contributed by atoms with van der Waals surface area (Å²) in [7, 11) is 6.77. The number of hydrogen-bond donors (Lipinski definition) is 2. The Bertz CT molecular complexity index is 696. The third-order valence-corrected chi connectivity index (χ3v) is 9.88. The highest BCUT2D eigenvalue weighted by atomic mass is 33.7. The standard InChI is InChI=1S/C20H26O2S4/c1-19(2,3)15-11-13(7-9-17(15)21)23-25-26-24-14-8-10-18(22)16(12-14)20(4,5)6/h7-12,21-22H,1-6H3. The van der Waals surface area contributed by atoms with Gasteiger partial charge in [-0.15, -0.1) is 0 Å². The van der Waals surface area contributed by atoms with Gasteiger partial charge in [-0.05, 0) is 88.5 Å². The quantitative estimate of drug-likeness (QED) is 0.375.